The minimum Gasteiger partial charge on any atom is -0.481 e. The SMILES string of the molecule is CCNC(=O)c1cc(SCCC(=O)O)ccn1. The second kappa shape index (κ2) is 6.90. The number of nitrogens with one attached hydrogen (secondary N) is 1. The summed E-state index contributed by atoms with van der Waals surface area (Å²) in [6, 6.07) is 3.42. The number of nitrogens with zero attached hydrogens (tertiary/aromatic N) is 1. The van der Waals surface area contributed by atoms with Gasteiger partial charge in [0.15, 0.2) is 0 Å². The number of carbonyl (C=O) groups is 2. The van der Waals surface area contributed by atoms with Crippen LogP contribution in [0.5, 0.6) is 0 Å². The molecule has 0 unspecified atom stereocenters. The first-order chi connectivity index (χ1) is 8.13. The molecule has 0 saturated heterocycles. The van der Waals surface area contributed by atoms with Crippen LogP contribution < -0.4 is 5.32 Å². The summed E-state index contributed by atoms with van der Waals surface area (Å²) in [6.45, 7) is 2.39. The summed E-state index contributed by atoms with van der Waals surface area (Å²) in [4.78, 5) is 26.7. The summed E-state index contributed by atoms with van der Waals surface area (Å²) in [7, 11) is 0. The van der Waals surface area contributed by atoms with Gasteiger partial charge in [-0.05, 0) is 19.1 Å². The molecule has 0 spiro atoms. The van der Waals surface area contributed by atoms with Crippen LogP contribution in [0.25, 0.3) is 0 Å². The Hall–Kier alpha value is -1.56. The maximum absolute atomic E-state index is 11.5. The quantitative estimate of drug-likeness (QED) is 0.750. The molecule has 0 aliphatic rings. The molecule has 2 N–H and O–H groups in total. The number of aromatic nitrogens is 1. The van der Waals surface area contributed by atoms with Crippen molar-refractivity contribution in [2.75, 3.05) is 12.3 Å². The van der Waals surface area contributed by atoms with Gasteiger partial charge < -0.3 is 10.4 Å². The van der Waals surface area contributed by atoms with Crippen LogP contribution in [0.2, 0.25) is 0 Å². The summed E-state index contributed by atoms with van der Waals surface area (Å²) in [6.07, 6.45) is 1.65. The number of carboxylic acids is 1. The molecule has 92 valence electrons. The molecule has 5 nitrogen and oxygen atoms in total. The molecule has 0 bridgehead atoms. The first-order valence-electron chi connectivity index (χ1n) is 5.22. The van der Waals surface area contributed by atoms with Gasteiger partial charge in [0.1, 0.15) is 5.69 Å². The van der Waals surface area contributed by atoms with Crippen LogP contribution in [-0.4, -0.2) is 34.3 Å². The zero-order chi connectivity index (χ0) is 12.7. The average molecular weight is 254 g/mol. The molecule has 1 rings (SSSR count). The number of hydrogen-bond donors (Lipinski definition) is 2. The van der Waals surface area contributed by atoms with Crippen molar-refractivity contribution in [3.8, 4) is 0 Å². The largest absolute Gasteiger partial charge is 0.481 e. The molecule has 0 atom stereocenters. The van der Waals surface area contributed by atoms with E-state index in [0.717, 1.165) is 4.90 Å². The van der Waals surface area contributed by atoms with E-state index in [2.05, 4.69) is 10.3 Å². The van der Waals surface area contributed by atoms with E-state index < -0.39 is 5.97 Å². The van der Waals surface area contributed by atoms with Gasteiger partial charge in [0.25, 0.3) is 5.91 Å². The molecular weight excluding hydrogens is 240 g/mol. The van der Waals surface area contributed by atoms with Crippen molar-refractivity contribution in [1.29, 1.82) is 0 Å². The Bertz CT molecular complexity index is 409. The van der Waals surface area contributed by atoms with E-state index in [4.69, 9.17) is 5.11 Å². The lowest BCUT2D eigenvalue weighted by Gasteiger charge is -2.03. The Morgan fingerprint density at radius 1 is 1.53 bits per heavy atom. The lowest BCUT2D eigenvalue weighted by atomic mass is 10.3. The molecular formula is C11H14N2O3S. The molecule has 0 aliphatic carbocycles. The second-order valence-corrected chi connectivity index (χ2v) is 4.40. The Labute approximate surface area is 104 Å². The minimum atomic E-state index is -0.824. The highest BCUT2D eigenvalue weighted by Crippen LogP contribution is 2.18. The number of aliphatic carboxylic acids is 1. The number of pyridine rings is 1. The molecule has 0 saturated carbocycles. The number of rotatable bonds is 6. The first-order valence-corrected chi connectivity index (χ1v) is 6.21. The van der Waals surface area contributed by atoms with E-state index in [1.807, 2.05) is 6.92 Å². The first kappa shape index (κ1) is 13.5. The Morgan fingerprint density at radius 3 is 2.94 bits per heavy atom. The number of carboxylic acid groups (broad SMARTS) is 1. The molecule has 0 aliphatic heterocycles. The van der Waals surface area contributed by atoms with Crippen LogP contribution in [0.15, 0.2) is 23.2 Å². The molecule has 0 fully saturated rings. The summed E-state index contributed by atoms with van der Waals surface area (Å²) in [5.74, 6) is -0.558. The summed E-state index contributed by atoms with van der Waals surface area (Å²) in [5.41, 5.74) is 0.354. The molecule has 1 amide bonds. The van der Waals surface area contributed by atoms with Gasteiger partial charge >= 0.3 is 5.97 Å². The van der Waals surface area contributed by atoms with Gasteiger partial charge in [0.05, 0.1) is 6.42 Å². The predicted molar refractivity (Wildman–Crippen MR) is 65.2 cm³/mol. The zero-order valence-electron chi connectivity index (χ0n) is 9.47. The Morgan fingerprint density at radius 2 is 2.29 bits per heavy atom. The molecule has 17 heavy (non-hydrogen) atoms. The van der Waals surface area contributed by atoms with Gasteiger partial charge in [-0.1, -0.05) is 0 Å². The van der Waals surface area contributed by atoms with Crippen molar-refractivity contribution in [3.05, 3.63) is 24.0 Å². The third kappa shape index (κ3) is 4.86. The van der Waals surface area contributed by atoms with Gasteiger partial charge in [-0.25, -0.2) is 0 Å². The molecule has 0 aromatic carbocycles. The summed E-state index contributed by atoms with van der Waals surface area (Å²) in [5, 5.41) is 11.2. The maximum atomic E-state index is 11.5. The second-order valence-electron chi connectivity index (χ2n) is 3.23. The summed E-state index contributed by atoms with van der Waals surface area (Å²) < 4.78 is 0. The van der Waals surface area contributed by atoms with E-state index >= 15 is 0 Å². The van der Waals surface area contributed by atoms with Crippen LogP contribution in [0, 0.1) is 0 Å². The van der Waals surface area contributed by atoms with E-state index in [1.165, 1.54) is 11.8 Å². The van der Waals surface area contributed by atoms with E-state index in [0.29, 0.717) is 18.0 Å². The third-order valence-corrected chi connectivity index (χ3v) is 2.88. The average Bonchev–Trinajstić information content (AvgIpc) is 2.29. The lowest BCUT2D eigenvalue weighted by molar-refractivity contribution is -0.136. The molecule has 1 aromatic rings. The van der Waals surface area contributed by atoms with Gasteiger partial charge in [-0.15, -0.1) is 11.8 Å². The monoisotopic (exact) mass is 254 g/mol. The van der Waals surface area contributed by atoms with Crippen molar-refractivity contribution in [2.24, 2.45) is 0 Å². The molecule has 0 radical (unpaired) electrons. The van der Waals surface area contributed by atoms with Crippen molar-refractivity contribution in [1.82, 2.24) is 10.3 Å². The molecule has 1 heterocycles. The Balaban J connectivity index is 2.59. The van der Waals surface area contributed by atoms with Gasteiger partial charge in [-0.2, -0.15) is 0 Å². The maximum Gasteiger partial charge on any atom is 0.304 e. The van der Waals surface area contributed by atoms with Gasteiger partial charge in [-0.3, -0.25) is 14.6 Å². The fourth-order valence-corrected chi connectivity index (χ4v) is 2.00. The molecule has 1 aromatic heterocycles. The van der Waals surface area contributed by atoms with Crippen LogP contribution >= 0.6 is 11.8 Å². The van der Waals surface area contributed by atoms with Crippen molar-refractivity contribution in [3.63, 3.8) is 0 Å². The highest BCUT2D eigenvalue weighted by molar-refractivity contribution is 7.99. The smallest absolute Gasteiger partial charge is 0.304 e. The van der Waals surface area contributed by atoms with Crippen molar-refractivity contribution in [2.45, 2.75) is 18.2 Å². The third-order valence-electron chi connectivity index (χ3n) is 1.89. The fourth-order valence-electron chi connectivity index (χ4n) is 1.13. The highest BCUT2D eigenvalue weighted by atomic mass is 32.2. The van der Waals surface area contributed by atoms with Gasteiger partial charge in [0, 0.05) is 23.4 Å². The van der Waals surface area contributed by atoms with Crippen molar-refractivity contribution < 1.29 is 14.7 Å². The fraction of sp³-hybridized carbons (Fsp3) is 0.364. The van der Waals surface area contributed by atoms with Crippen LogP contribution in [0.4, 0.5) is 0 Å². The number of carbonyl (C=O) groups excluding carboxylic acids is 1. The zero-order valence-corrected chi connectivity index (χ0v) is 10.3. The van der Waals surface area contributed by atoms with E-state index in [1.54, 1.807) is 18.3 Å². The lowest BCUT2D eigenvalue weighted by Crippen LogP contribution is -2.23. The van der Waals surface area contributed by atoms with Gasteiger partial charge in [0.2, 0.25) is 0 Å². The Kier molecular flexibility index (Phi) is 5.48. The normalized spacial score (nSPS) is 9.94. The highest BCUT2D eigenvalue weighted by Gasteiger charge is 2.07. The number of amides is 1. The number of hydrogen-bond acceptors (Lipinski definition) is 4. The van der Waals surface area contributed by atoms with Crippen LogP contribution in [0.1, 0.15) is 23.8 Å². The van der Waals surface area contributed by atoms with Crippen molar-refractivity contribution >= 4 is 23.6 Å². The minimum absolute atomic E-state index is 0.101. The van der Waals surface area contributed by atoms with Crippen LogP contribution in [-0.2, 0) is 4.79 Å². The van der Waals surface area contributed by atoms with Crippen LogP contribution in [0.3, 0.4) is 0 Å². The van der Waals surface area contributed by atoms with E-state index in [-0.39, 0.29) is 12.3 Å². The predicted octanol–water partition coefficient (Wildman–Crippen LogP) is 1.40. The molecule has 6 heteroatoms. The number of thioether (sulfide) groups is 1. The standard InChI is InChI=1S/C11H14N2O3S/c1-2-12-11(16)9-7-8(3-5-13-9)17-6-4-10(14)15/h3,5,7H,2,4,6H2,1H3,(H,12,16)(H,14,15). The summed E-state index contributed by atoms with van der Waals surface area (Å²) >= 11 is 1.40. The van der Waals surface area contributed by atoms with E-state index in [9.17, 15) is 9.59 Å². The topological polar surface area (TPSA) is 79.3 Å².